The number of alkyl halides is 3. The van der Waals surface area contributed by atoms with Crippen LogP contribution >= 0.6 is 0 Å². The molecular formula is C27H29F3N4O4. The van der Waals surface area contributed by atoms with Gasteiger partial charge in [0.25, 0.3) is 0 Å². The van der Waals surface area contributed by atoms with Gasteiger partial charge in [-0.1, -0.05) is 19.9 Å². The number of aromatic nitrogens is 2. The number of nitrogens with zero attached hydrogens (tertiary/aromatic N) is 4. The monoisotopic (exact) mass is 530 g/mol. The maximum absolute atomic E-state index is 13.0. The summed E-state index contributed by atoms with van der Waals surface area (Å²) in [4.78, 5) is 14.5. The van der Waals surface area contributed by atoms with Crippen molar-refractivity contribution in [1.29, 1.82) is 5.26 Å². The first-order valence-corrected chi connectivity index (χ1v) is 11.8. The molecule has 0 spiro atoms. The summed E-state index contributed by atoms with van der Waals surface area (Å²) < 4.78 is 56.0. The van der Waals surface area contributed by atoms with Gasteiger partial charge >= 0.3 is 6.18 Å². The minimum absolute atomic E-state index is 0.0158. The van der Waals surface area contributed by atoms with Crippen LogP contribution in [-0.2, 0) is 17.5 Å². The molecule has 1 aliphatic heterocycles. The Morgan fingerprint density at radius 1 is 1.21 bits per heavy atom. The molecule has 1 fully saturated rings. The lowest BCUT2D eigenvalue weighted by Crippen LogP contribution is -2.53. The number of rotatable bonds is 6. The number of halogens is 3. The topological polar surface area (TPSA) is 101 Å². The molecule has 202 valence electrons. The van der Waals surface area contributed by atoms with Crippen molar-refractivity contribution in [2.24, 2.45) is 5.41 Å². The number of hydrogen-bond donors (Lipinski definition) is 0. The normalized spacial score (nSPS) is 16.8. The average Bonchev–Trinajstić information content (AvgIpc) is 3.31. The molecule has 0 bridgehead atoms. The molecule has 0 radical (unpaired) electrons. The van der Waals surface area contributed by atoms with E-state index in [1.54, 1.807) is 18.1 Å². The maximum atomic E-state index is 13.0. The molecule has 38 heavy (non-hydrogen) atoms. The van der Waals surface area contributed by atoms with Crippen molar-refractivity contribution in [3.8, 4) is 29.0 Å². The second kappa shape index (κ2) is 11.5. The molecule has 0 saturated carbocycles. The average molecular weight is 531 g/mol. The molecule has 0 aliphatic carbocycles. The number of ether oxygens (including phenoxy) is 2. The lowest BCUT2D eigenvalue weighted by molar-refractivity contribution is -0.145. The summed E-state index contributed by atoms with van der Waals surface area (Å²) in [6.07, 6.45) is -5.04. The summed E-state index contributed by atoms with van der Waals surface area (Å²) in [7, 11) is 1.60. The van der Waals surface area contributed by atoms with Crippen LogP contribution in [0.4, 0.5) is 13.2 Å². The molecule has 0 N–H and O–H groups in total. The van der Waals surface area contributed by atoms with Gasteiger partial charge in [0.2, 0.25) is 17.7 Å². The Morgan fingerprint density at radius 2 is 1.92 bits per heavy atom. The first-order chi connectivity index (χ1) is 17.9. The number of aryl methyl sites for hydroxylation is 1. The van der Waals surface area contributed by atoms with Crippen LogP contribution in [0.15, 0.2) is 46.9 Å². The number of piperidine rings is 1. The minimum Gasteiger partial charge on any atom is -0.496 e. The van der Waals surface area contributed by atoms with Crippen LogP contribution in [0.3, 0.4) is 0 Å². The van der Waals surface area contributed by atoms with E-state index >= 15 is 0 Å². The minimum atomic E-state index is -4.47. The number of likely N-dealkylation sites (tertiary alicyclic amines) is 1. The van der Waals surface area contributed by atoms with Crippen molar-refractivity contribution in [3.05, 3.63) is 59.5 Å². The van der Waals surface area contributed by atoms with Gasteiger partial charge < -0.3 is 18.8 Å². The smallest absolute Gasteiger partial charge is 0.416 e. The number of benzene rings is 2. The van der Waals surface area contributed by atoms with Gasteiger partial charge in [-0.3, -0.25) is 4.79 Å². The zero-order valence-corrected chi connectivity index (χ0v) is 21.8. The van der Waals surface area contributed by atoms with E-state index in [0.717, 1.165) is 29.0 Å². The Bertz CT molecular complexity index is 1310. The highest BCUT2D eigenvalue weighted by atomic mass is 19.4. The Kier molecular flexibility index (Phi) is 8.66. The summed E-state index contributed by atoms with van der Waals surface area (Å²) >= 11 is 0. The van der Waals surface area contributed by atoms with E-state index in [1.165, 1.54) is 19.1 Å². The molecule has 1 aliphatic rings. The van der Waals surface area contributed by atoms with Crippen LogP contribution in [0.25, 0.3) is 11.5 Å². The molecule has 1 atom stereocenters. The highest BCUT2D eigenvalue weighted by Gasteiger charge is 2.42. The summed E-state index contributed by atoms with van der Waals surface area (Å²) in [5.41, 5.74) is 0.334. The number of methoxy groups -OCH3 is 1. The Labute approximate surface area is 219 Å². The van der Waals surface area contributed by atoms with E-state index in [-0.39, 0.29) is 30.5 Å². The third kappa shape index (κ3) is 6.82. The highest BCUT2D eigenvalue weighted by molar-refractivity contribution is 5.78. The van der Waals surface area contributed by atoms with E-state index < -0.39 is 23.3 Å². The molecule has 2 heterocycles. The fraction of sp³-hybridized carbons (Fsp3) is 0.407. The number of carbonyl (C=O) groups is 1. The van der Waals surface area contributed by atoms with Crippen LogP contribution in [0, 0.1) is 23.7 Å². The maximum Gasteiger partial charge on any atom is 0.416 e. The summed E-state index contributed by atoms with van der Waals surface area (Å²) in [5.74, 6) is 1.24. The number of hydrogen-bond acceptors (Lipinski definition) is 7. The van der Waals surface area contributed by atoms with Gasteiger partial charge in [0, 0.05) is 24.4 Å². The van der Waals surface area contributed by atoms with E-state index in [1.807, 2.05) is 39.0 Å². The molecule has 1 aromatic heterocycles. The van der Waals surface area contributed by atoms with E-state index in [9.17, 15) is 18.0 Å². The standard InChI is InChI=1S/C25H26F3N3O4.C2H3N/c1-15-10-16(8-9-19(15)33-4)23-30-29-21(35-23)13-31-14-24(2,3)20(12-22(31)32)34-18-7-5-6-17(11-18)25(26,27)28;1-2-3/h5-11,20H,12-14H2,1-4H3;1H3. The van der Waals surface area contributed by atoms with Crippen LogP contribution in [-0.4, -0.2) is 40.8 Å². The predicted octanol–water partition coefficient (Wildman–Crippen LogP) is 5.81. The lowest BCUT2D eigenvalue weighted by atomic mass is 9.80. The zero-order valence-electron chi connectivity index (χ0n) is 21.8. The van der Waals surface area contributed by atoms with Crippen molar-refractivity contribution in [2.75, 3.05) is 13.7 Å². The van der Waals surface area contributed by atoms with Crippen molar-refractivity contribution < 1.29 is 31.9 Å². The van der Waals surface area contributed by atoms with E-state index in [4.69, 9.17) is 19.2 Å². The molecule has 1 saturated heterocycles. The number of amides is 1. The second-order valence-electron chi connectivity index (χ2n) is 9.48. The van der Waals surface area contributed by atoms with Gasteiger partial charge in [0.05, 0.1) is 31.7 Å². The quantitative estimate of drug-likeness (QED) is 0.396. The van der Waals surface area contributed by atoms with E-state index in [0.29, 0.717) is 12.4 Å². The summed E-state index contributed by atoms with van der Waals surface area (Å²) in [5, 5.41) is 15.5. The Morgan fingerprint density at radius 3 is 2.55 bits per heavy atom. The van der Waals surface area contributed by atoms with Crippen LogP contribution in [0.5, 0.6) is 11.5 Å². The Balaban J connectivity index is 0.00000127. The first-order valence-electron chi connectivity index (χ1n) is 11.8. The van der Waals surface area contributed by atoms with E-state index in [2.05, 4.69) is 10.2 Å². The zero-order chi connectivity index (χ0) is 28.1. The van der Waals surface area contributed by atoms with Gasteiger partial charge in [0.15, 0.2) is 0 Å². The summed E-state index contributed by atoms with van der Waals surface area (Å²) in [6.45, 7) is 7.59. The van der Waals surface area contributed by atoms with Gasteiger partial charge in [-0.25, -0.2) is 0 Å². The highest BCUT2D eigenvalue weighted by Crippen LogP contribution is 2.36. The van der Waals surface area contributed by atoms with Crippen molar-refractivity contribution in [3.63, 3.8) is 0 Å². The Hall–Kier alpha value is -4.07. The van der Waals surface area contributed by atoms with Crippen molar-refractivity contribution >= 4 is 5.91 Å². The van der Waals surface area contributed by atoms with Gasteiger partial charge in [-0.2, -0.15) is 18.4 Å². The van der Waals surface area contributed by atoms with Crippen LogP contribution in [0.2, 0.25) is 0 Å². The van der Waals surface area contributed by atoms with Crippen LogP contribution < -0.4 is 9.47 Å². The van der Waals surface area contributed by atoms with Gasteiger partial charge in [-0.05, 0) is 48.9 Å². The predicted molar refractivity (Wildman–Crippen MR) is 132 cm³/mol. The third-order valence-corrected chi connectivity index (χ3v) is 6.06. The molecule has 11 heteroatoms. The first kappa shape index (κ1) is 28.5. The SMILES string of the molecule is CC#N.COc1ccc(-c2nnc(CN3CC(C)(C)C(Oc4cccc(C(F)(F)F)c4)CC3=O)o2)cc1C. The molecule has 1 unspecified atom stereocenters. The third-order valence-electron chi connectivity index (χ3n) is 6.06. The molecular weight excluding hydrogens is 501 g/mol. The van der Waals surface area contributed by atoms with Gasteiger partial charge in [-0.15, -0.1) is 10.2 Å². The lowest BCUT2D eigenvalue weighted by Gasteiger charge is -2.43. The number of nitriles is 1. The molecule has 2 aromatic carbocycles. The summed E-state index contributed by atoms with van der Waals surface area (Å²) in [6, 6.07) is 11.9. The molecule has 8 nitrogen and oxygen atoms in total. The number of carbonyl (C=O) groups excluding carboxylic acids is 1. The molecule has 3 aromatic rings. The molecule has 4 rings (SSSR count). The second-order valence-corrected chi connectivity index (χ2v) is 9.48. The van der Waals surface area contributed by atoms with Gasteiger partial charge in [0.1, 0.15) is 17.6 Å². The fourth-order valence-electron chi connectivity index (χ4n) is 4.11. The van der Waals surface area contributed by atoms with Crippen molar-refractivity contribution in [1.82, 2.24) is 15.1 Å². The fourth-order valence-corrected chi connectivity index (χ4v) is 4.11. The van der Waals surface area contributed by atoms with Crippen LogP contribution in [0.1, 0.15) is 44.2 Å². The van der Waals surface area contributed by atoms with Crippen molar-refractivity contribution in [2.45, 2.75) is 52.9 Å². The largest absolute Gasteiger partial charge is 0.496 e. The molecule has 1 amide bonds.